The van der Waals surface area contributed by atoms with Crippen molar-refractivity contribution in [1.82, 2.24) is 5.32 Å². The van der Waals surface area contributed by atoms with E-state index in [1.54, 1.807) is 11.3 Å². The molecule has 0 amide bonds. The van der Waals surface area contributed by atoms with Gasteiger partial charge in [-0.15, -0.1) is 11.3 Å². The molecular weight excluding hydrogens is 234 g/mol. The molecule has 1 saturated carbocycles. The smallest absolute Gasteiger partial charge is 0.308 e. The summed E-state index contributed by atoms with van der Waals surface area (Å²) in [6, 6.07) is 4.53. The number of hydrogen-bond acceptors (Lipinski definition) is 3. The van der Waals surface area contributed by atoms with Crippen molar-refractivity contribution >= 4 is 17.3 Å². The molecule has 1 fully saturated rings. The molecule has 2 rings (SSSR count). The number of hydrogen-bond donors (Lipinski definition) is 2. The molecule has 17 heavy (non-hydrogen) atoms. The summed E-state index contributed by atoms with van der Waals surface area (Å²) in [5, 5.41) is 14.6. The van der Waals surface area contributed by atoms with Crippen LogP contribution in [-0.4, -0.2) is 23.7 Å². The number of carboxylic acid groups (broad SMARTS) is 1. The third-order valence-corrected chi connectivity index (χ3v) is 4.28. The standard InChI is InChI=1S/C13H19NO2S/c15-13(16)10(8-12-6-3-7-17-12)9-14-11-4-1-2-5-11/h3,6-7,10-11,14H,1-2,4-5,8-9H2,(H,15,16). The molecule has 0 aliphatic heterocycles. The summed E-state index contributed by atoms with van der Waals surface area (Å²) in [6.07, 6.45) is 5.60. The van der Waals surface area contributed by atoms with E-state index in [1.807, 2.05) is 17.5 Å². The SMILES string of the molecule is O=C(O)C(CNC1CCCC1)Cc1cccs1. The lowest BCUT2D eigenvalue weighted by Gasteiger charge is -2.16. The predicted octanol–water partition coefficient (Wildman–Crippen LogP) is 2.52. The number of thiophene rings is 1. The maximum atomic E-state index is 11.2. The van der Waals surface area contributed by atoms with Crippen molar-refractivity contribution in [2.45, 2.75) is 38.1 Å². The zero-order valence-corrected chi connectivity index (χ0v) is 10.7. The molecule has 94 valence electrons. The third-order valence-electron chi connectivity index (χ3n) is 3.39. The number of carboxylic acids is 1. The first kappa shape index (κ1) is 12.6. The van der Waals surface area contributed by atoms with Gasteiger partial charge in [-0.2, -0.15) is 0 Å². The van der Waals surface area contributed by atoms with Crippen LogP contribution in [0.5, 0.6) is 0 Å². The number of carbonyl (C=O) groups is 1. The zero-order valence-electron chi connectivity index (χ0n) is 9.89. The Bertz CT molecular complexity index is 344. The molecule has 0 spiro atoms. The Hall–Kier alpha value is -0.870. The van der Waals surface area contributed by atoms with Crippen LogP contribution in [0.1, 0.15) is 30.6 Å². The molecule has 1 atom stereocenters. The Balaban J connectivity index is 1.82. The fraction of sp³-hybridized carbons (Fsp3) is 0.615. The molecule has 1 aliphatic carbocycles. The Morgan fingerprint density at radius 1 is 1.53 bits per heavy atom. The maximum absolute atomic E-state index is 11.2. The first-order chi connectivity index (χ1) is 8.25. The fourth-order valence-electron chi connectivity index (χ4n) is 2.36. The minimum atomic E-state index is -0.691. The van der Waals surface area contributed by atoms with Crippen molar-refractivity contribution in [1.29, 1.82) is 0 Å². The average Bonchev–Trinajstić information content (AvgIpc) is 2.97. The van der Waals surface area contributed by atoms with Crippen LogP contribution in [0, 0.1) is 5.92 Å². The van der Waals surface area contributed by atoms with Crippen molar-refractivity contribution in [2.24, 2.45) is 5.92 Å². The van der Waals surface area contributed by atoms with Gasteiger partial charge < -0.3 is 10.4 Å². The Morgan fingerprint density at radius 2 is 2.29 bits per heavy atom. The van der Waals surface area contributed by atoms with Gasteiger partial charge in [-0.25, -0.2) is 0 Å². The van der Waals surface area contributed by atoms with E-state index in [1.165, 1.54) is 25.7 Å². The molecule has 0 bridgehead atoms. The van der Waals surface area contributed by atoms with Crippen LogP contribution in [0.2, 0.25) is 0 Å². The van der Waals surface area contributed by atoms with Crippen molar-refractivity contribution in [3.8, 4) is 0 Å². The van der Waals surface area contributed by atoms with Gasteiger partial charge in [0, 0.05) is 17.5 Å². The Labute approximate surface area is 106 Å². The van der Waals surface area contributed by atoms with E-state index in [0.717, 1.165) is 4.88 Å². The predicted molar refractivity (Wildman–Crippen MR) is 69.4 cm³/mol. The second kappa shape index (κ2) is 6.17. The molecule has 1 aromatic heterocycles. The highest BCUT2D eigenvalue weighted by molar-refractivity contribution is 7.09. The van der Waals surface area contributed by atoms with Crippen LogP contribution < -0.4 is 5.32 Å². The Kier molecular flexibility index (Phi) is 4.57. The molecule has 2 N–H and O–H groups in total. The minimum absolute atomic E-state index is 0.297. The molecule has 1 heterocycles. The summed E-state index contributed by atoms with van der Waals surface area (Å²) >= 11 is 1.64. The van der Waals surface area contributed by atoms with Gasteiger partial charge in [-0.3, -0.25) is 4.79 Å². The maximum Gasteiger partial charge on any atom is 0.308 e. The highest BCUT2D eigenvalue weighted by Gasteiger charge is 2.21. The third kappa shape index (κ3) is 3.82. The van der Waals surface area contributed by atoms with Crippen LogP contribution in [-0.2, 0) is 11.2 Å². The van der Waals surface area contributed by atoms with Gasteiger partial charge >= 0.3 is 5.97 Å². The first-order valence-corrected chi connectivity index (χ1v) is 7.12. The quantitative estimate of drug-likeness (QED) is 0.819. The van der Waals surface area contributed by atoms with Crippen LogP contribution in [0.15, 0.2) is 17.5 Å². The second-order valence-electron chi connectivity index (χ2n) is 4.71. The van der Waals surface area contributed by atoms with E-state index in [4.69, 9.17) is 0 Å². The summed E-state index contributed by atoms with van der Waals surface area (Å²) in [7, 11) is 0. The van der Waals surface area contributed by atoms with Crippen molar-refractivity contribution in [3.05, 3.63) is 22.4 Å². The van der Waals surface area contributed by atoms with E-state index in [-0.39, 0.29) is 5.92 Å². The van der Waals surface area contributed by atoms with E-state index < -0.39 is 5.97 Å². The molecule has 1 aliphatic rings. The van der Waals surface area contributed by atoms with Crippen molar-refractivity contribution < 1.29 is 9.90 Å². The summed E-state index contributed by atoms with van der Waals surface area (Å²) < 4.78 is 0. The first-order valence-electron chi connectivity index (χ1n) is 6.24. The molecule has 3 nitrogen and oxygen atoms in total. The van der Waals surface area contributed by atoms with Crippen LogP contribution in [0.4, 0.5) is 0 Å². The lowest BCUT2D eigenvalue weighted by molar-refractivity contribution is -0.141. The topological polar surface area (TPSA) is 49.3 Å². The van der Waals surface area contributed by atoms with Gasteiger partial charge in [-0.1, -0.05) is 18.9 Å². The molecule has 1 unspecified atom stereocenters. The summed E-state index contributed by atoms with van der Waals surface area (Å²) in [5.41, 5.74) is 0. The highest BCUT2D eigenvalue weighted by atomic mass is 32.1. The molecule has 0 aromatic carbocycles. The summed E-state index contributed by atoms with van der Waals surface area (Å²) in [5.74, 6) is -0.988. The zero-order chi connectivity index (χ0) is 12.1. The minimum Gasteiger partial charge on any atom is -0.481 e. The highest BCUT2D eigenvalue weighted by Crippen LogP contribution is 2.19. The Morgan fingerprint density at radius 3 is 2.88 bits per heavy atom. The van der Waals surface area contributed by atoms with Gasteiger partial charge in [-0.05, 0) is 30.7 Å². The van der Waals surface area contributed by atoms with Crippen molar-refractivity contribution in [3.63, 3.8) is 0 Å². The van der Waals surface area contributed by atoms with E-state index >= 15 is 0 Å². The number of rotatable bonds is 6. The van der Waals surface area contributed by atoms with E-state index in [2.05, 4.69) is 5.32 Å². The number of aliphatic carboxylic acids is 1. The lowest BCUT2D eigenvalue weighted by Crippen LogP contribution is -2.35. The molecule has 4 heteroatoms. The number of nitrogens with one attached hydrogen (secondary N) is 1. The van der Waals surface area contributed by atoms with Crippen LogP contribution in [0.3, 0.4) is 0 Å². The van der Waals surface area contributed by atoms with E-state index in [0.29, 0.717) is 19.0 Å². The molecule has 1 aromatic rings. The largest absolute Gasteiger partial charge is 0.481 e. The van der Waals surface area contributed by atoms with E-state index in [9.17, 15) is 9.90 Å². The van der Waals surface area contributed by atoms with Gasteiger partial charge in [0.05, 0.1) is 5.92 Å². The van der Waals surface area contributed by atoms with Crippen LogP contribution >= 0.6 is 11.3 Å². The van der Waals surface area contributed by atoms with Gasteiger partial charge in [0.2, 0.25) is 0 Å². The van der Waals surface area contributed by atoms with Crippen molar-refractivity contribution in [2.75, 3.05) is 6.54 Å². The summed E-state index contributed by atoms with van der Waals surface area (Å²) in [6.45, 7) is 0.595. The van der Waals surface area contributed by atoms with Gasteiger partial charge in [0.1, 0.15) is 0 Å². The van der Waals surface area contributed by atoms with Gasteiger partial charge in [0.25, 0.3) is 0 Å². The lowest BCUT2D eigenvalue weighted by atomic mass is 10.0. The monoisotopic (exact) mass is 253 g/mol. The van der Waals surface area contributed by atoms with Crippen LogP contribution in [0.25, 0.3) is 0 Å². The molecule has 0 saturated heterocycles. The van der Waals surface area contributed by atoms with Gasteiger partial charge in [0.15, 0.2) is 0 Å². The molecular formula is C13H19NO2S. The summed E-state index contributed by atoms with van der Waals surface area (Å²) in [4.78, 5) is 12.4. The molecule has 0 radical (unpaired) electrons. The normalized spacial score (nSPS) is 18.4. The average molecular weight is 253 g/mol. The fourth-order valence-corrected chi connectivity index (χ4v) is 3.14. The second-order valence-corrected chi connectivity index (χ2v) is 5.74.